The molecule has 0 heterocycles. The lowest BCUT2D eigenvalue weighted by Crippen LogP contribution is -2.16. The summed E-state index contributed by atoms with van der Waals surface area (Å²) < 4.78 is 28.4. The Kier molecular flexibility index (Phi) is 6.73. The number of phenols is 2. The molecule has 0 aliphatic heterocycles. The second kappa shape index (κ2) is 8.39. The van der Waals surface area contributed by atoms with E-state index in [1.54, 1.807) is 24.3 Å². The Balaban J connectivity index is 3.06. The van der Waals surface area contributed by atoms with Gasteiger partial charge >= 0.3 is 0 Å². The molecule has 29 heavy (non-hydrogen) atoms. The zero-order chi connectivity index (χ0) is 22.3. The van der Waals surface area contributed by atoms with Crippen molar-refractivity contribution in [2.24, 2.45) is 0 Å². The van der Waals surface area contributed by atoms with E-state index in [0.717, 1.165) is 0 Å². The Morgan fingerprint density at radius 2 is 0.759 bits per heavy atom. The molecule has 0 radical (unpaired) electrons. The molecule has 0 fully saturated rings. The highest BCUT2D eigenvalue weighted by Gasteiger charge is 2.33. The van der Waals surface area contributed by atoms with Crippen LogP contribution in [0.15, 0.2) is 34.1 Å². The third kappa shape index (κ3) is 4.45. The summed E-state index contributed by atoms with van der Waals surface area (Å²) in [5.41, 5.74) is 2.47. The first-order valence-corrected chi connectivity index (χ1v) is 11.8. The number of hydrogen-bond acceptors (Lipinski definition) is 4. The summed E-state index contributed by atoms with van der Waals surface area (Å²) in [5.74, 6) is -0.151. The van der Waals surface area contributed by atoms with Crippen molar-refractivity contribution in [2.75, 3.05) is 0 Å². The molecule has 0 bridgehead atoms. The first-order chi connectivity index (χ1) is 13.3. The van der Waals surface area contributed by atoms with Crippen molar-refractivity contribution in [1.82, 2.24) is 0 Å². The minimum Gasteiger partial charge on any atom is -0.508 e. The third-order valence-electron chi connectivity index (χ3n) is 5.29. The number of aromatic hydroxyl groups is 2. The number of phenolic OH excluding ortho intramolecular Hbond substituents is 2. The molecule has 5 heteroatoms. The van der Waals surface area contributed by atoms with Crippen LogP contribution in [0.25, 0.3) is 0 Å². The molecule has 0 aromatic heterocycles. The van der Waals surface area contributed by atoms with Gasteiger partial charge in [-0.25, -0.2) is 8.42 Å². The zero-order valence-electron chi connectivity index (χ0n) is 18.7. The van der Waals surface area contributed by atoms with Gasteiger partial charge in [-0.15, -0.1) is 0 Å². The molecule has 0 aliphatic carbocycles. The average molecular weight is 419 g/mol. The summed E-state index contributed by atoms with van der Waals surface area (Å²) in [5, 5.41) is 20.5. The minimum absolute atomic E-state index is 0.0773. The van der Waals surface area contributed by atoms with Crippen LogP contribution >= 0.6 is 0 Å². The topological polar surface area (TPSA) is 74.6 Å². The van der Waals surface area contributed by atoms with Crippen LogP contribution in [0.3, 0.4) is 0 Å². The molecular formula is C24H34O4S. The molecule has 0 saturated carbocycles. The van der Waals surface area contributed by atoms with E-state index in [-0.39, 0.29) is 45.0 Å². The summed E-state index contributed by atoms with van der Waals surface area (Å²) in [6, 6.07) is 6.25. The fourth-order valence-electron chi connectivity index (χ4n) is 3.75. The molecule has 2 N–H and O–H groups in total. The molecule has 0 aliphatic rings. The van der Waals surface area contributed by atoms with E-state index in [0.29, 0.717) is 22.3 Å². The van der Waals surface area contributed by atoms with E-state index in [9.17, 15) is 18.6 Å². The average Bonchev–Trinajstić information content (AvgIpc) is 2.59. The second-order valence-electron chi connectivity index (χ2n) is 9.03. The molecular weight excluding hydrogens is 384 g/mol. The fourth-order valence-corrected chi connectivity index (χ4v) is 6.38. The Morgan fingerprint density at radius 3 is 0.931 bits per heavy atom. The van der Waals surface area contributed by atoms with E-state index >= 15 is 0 Å². The number of hydrogen-bond donors (Lipinski definition) is 2. The third-order valence-corrected chi connectivity index (χ3v) is 7.31. The van der Waals surface area contributed by atoms with E-state index in [4.69, 9.17) is 0 Å². The predicted octanol–water partition coefficient (Wildman–Crippen LogP) is 6.42. The van der Waals surface area contributed by atoms with Crippen molar-refractivity contribution in [3.05, 3.63) is 46.5 Å². The van der Waals surface area contributed by atoms with Crippen molar-refractivity contribution in [3.8, 4) is 11.5 Å². The Hall–Kier alpha value is -2.01. The first kappa shape index (κ1) is 23.3. The molecule has 0 amide bonds. The van der Waals surface area contributed by atoms with Crippen LogP contribution in [-0.2, 0) is 9.84 Å². The first-order valence-electron chi connectivity index (χ1n) is 10.3. The molecule has 2 rings (SSSR count). The van der Waals surface area contributed by atoms with Crippen molar-refractivity contribution in [1.29, 1.82) is 0 Å². The fraction of sp³-hybridized carbons (Fsp3) is 0.500. The van der Waals surface area contributed by atoms with Crippen LogP contribution in [0.2, 0.25) is 0 Å². The van der Waals surface area contributed by atoms with E-state index in [1.807, 2.05) is 55.4 Å². The quantitative estimate of drug-likeness (QED) is 0.567. The van der Waals surface area contributed by atoms with Crippen LogP contribution < -0.4 is 0 Å². The molecule has 0 unspecified atom stereocenters. The summed E-state index contributed by atoms with van der Waals surface area (Å²) in [6.07, 6.45) is 0. The summed E-state index contributed by atoms with van der Waals surface area (Å²) in [7, 11) is -3.90. The number of benzene rings is 2. The highest BCUT2D eigenvalue weighted by Crippen LogP contribution is 2.43. The SMILES string of the molecule is CC(C)c1cc(O)cc(C(C)C)c1S(=O)(=O)c1c(C(C)C)cc(O)cc1C(C)C. The van der Waals surface area contributed by atoms with E-state index in [1.165, 1.54) is 0 Å². The van der Waals surface area contributed by atoms with Gasteiger partial charge in [0.15, 0.2) is 0 Å². The Bertz CT molecular complexity index is 866. The number of rotatable bonds is 6. The highest BCUT2D eigenvalue weighted by atomic mass is 32.2. The minimum atomic E-state index is -3.90. The van der Waals surface area contributed by atoms with Gasteiger partial charge in [-0.2, -0.15) is 0 Å². The van der Waals surface area contributed by atoms with Crippen LogP contribution in [0.5, 0.6) is 11.5 Å². The lowest BCUT2D eigenvalue weighted by Gasteiger charge is -2.25. The van der Waals surface area contributed by atoms with Gasteiger partial charge in [0.1, 0.15) is 11.5 Å². The monoisotopic (exact) mass is 418 g/mol. The van der Waals surface area contributed by atoms with Gasteiger partial charge in [0.2, 0.25) is 9.84 Å². The molecule has 0 atom stereocenters. The smallest absolute Gasteiger partial charge is 0.207 e. The van der Waals surface area contributed by atoms with Crippen molar-refractivity contribution in [2.45, 2.75) is 88.9 Å². The lowest BCUT2D eigenvalue weighted by atomic mass is 9.94. The molecule has 2 aromatic rings. The molecule has 0 spiro atoms. The van der Waals surface area contributed by atoms with Crippen molar-refractivity contribution >= 4 is 9.84 Å². The molecule has 2 aromatic carbocycles. The summed E-state index contributed by atoms with van der Waals surface area (Å²) in [4.78, 5) is 0.574. The van der Waals surface area contributed by atoms with Gasteiger partial charge in [0.25, 0.3) is 0 Å². The molecule has 0 saturated heterocycles. The molecule has 4 nitrogen and oxygen atoms in total. The van der Waals surface area contributed by atoms with Gasteiger partial charge in [0, 0.05) is 0 Å². The lowest BCUT2D eigenvalue weighted by molar-refractivity contribution is 0.471. The van der Waals surface area contributed by atoms with Gasteiger partial charge < -0.3 is 10.2 Å². The molecule has 160 valence electrons. The Labute approximate surface area is 175 Å². The zero-order valence-corrected chi connectivity index (χ0v) is 19.6. The standard InChI is InChI=1S/C24H34O4S/c1-13(2)19-9-17(25)10-20(14(3)4)23(19)29(27,28)24-21(15(5)6)11-18(26)12-22(24)16(7)8/h9-16,25-26H,1-8H3. The Morgan fingerprint density at radius 1 is 0.552 bits per heavy atom. The maximum atomic E-state index is 14.2. The second-order valence-corrected chi connectivity index (χ2v) is 10.9. The maximum Gasteiger partial charge on any atom is 0.207 e. The van der Waals surface area contributed by atoms with Crippen LogP contribution in [0.4, 0.5) is 0 Å². The van der Waals surface area contributed by atoms with Gasteiger partial charge in [0.05, 0.1) is 9.79 Å². The summed E-state index contributed by atoms with van der Waals surface area (Å²) in [6.45, 7) is 15.5. The van der Waals surface area contributed by atoms with Gasteiger partial charge in [-0.1, -0.05) is 55.4 Å². The van der Waals surface area contributed by atoms with E-state index < -0.39 is 9.84 Å². The van der Waals surface area contributed by atoms with Crippen molar-refractivity contribution < 1.29 is 18.6 Å². The summed E-state index contributed by atoms with van der Waals surface area (Å²) >= 11 is 0. The van der Waals surface area contributed by atoms with Crippen molar-refractivity contribution in [3.63, 3.8) is 0 Å². The van der Waals surface area contributed by atoms with Gasteiger partial charge in [-0.05, 0) is 70.2 Å². The van der Waals surface area contributed by atoms with Gasteiger partial charge in [-0.3, -0.25) is 0 Å². The van der Waals surface area contributed by atoms with Crippen LogP contribution in [0.1, 0.15) is 101 Å². The van der Waals surface area contributed by atoms with E-state index in [2.05, 4.69) is 0 Å². The number of sulfone groups is 1. The predicted molar refractivity (Wildman–Crippen MR) is 118 cm³/mol. The maximum absolute atomic E-state index is 14.2. The van der Waals surface area contributed by atoms with Crippen LogP contribution in [-0.4, -0.2) is 18.6 Å². The highest BCUT2D eigenvalue weighted by molar-refractivity contribution is 7.91. The van der Waals surface area contributed by atoms with Crippen LogP contribution in [0, 0.1) is 0 Å². The largest absolute Gasteiger partial charge is 0.508 e. The normalized spacial score (nSPS) is 12.6.